The molecule has 0 radical (unpaired) electrons. The number of rotatable bonds is 8. The number of carbonyl (C=O) groups is 2. The fraction of sp³-hybridized carbons (Fsp3) is 0.345. The lowest BCUT2D eigenvalue weighted by Crippen LogP contribution is -2.35. The number of nitrogens with two attached hydrogens (primary N) is 1. The first kappa shape index (κ1) is 28.7. The molecule has 1 saturated carbocycles. The zero-order valence-corrected chi connectivity index (χ0v) is 22.5. The highest BCUT2D eigenvalue weighted by Gasteiger charge is 2.41. The molecule has 1 fully saturated rings. The van der Waals surface area contributed by atoms with E-state index >= 15 is 0 Å². The number of anilines is 1. The monoisotopic (exact) mass is 589 g/mol. The van der Waals surface area contributed by atoms with Crippen LogP contribution in [0, 0.1) is 5.92 Å². The molecular weight excluding hydrogens is 563 g/mol. The van der Waals surface area contributed by atoms with E-state index in [1.807, 2.05) is 0 Å². The molecule has 5 rings (SSSR count). The van der Waals surface area contributed by atoms with Gasteiger partial charge in [0.15, 0.2) is 0 Å². The van der Waals surface area contributed by atoms with Crippen LogP contribution in [0.3, 0.4) is 0 Å². The maximum Gasteiger partial charge on any atom is 0.395 e. The van der Waals surface area contributed by atoms with E-state index in [-0.39, 0.29) is 36.9 Å². The topological polar surface area (TPSA) is 113 Å². The maximum atomic E-state index is 13.8. The van der Waals surface area contributed by atoms with Gasteiger partial charge in [-0.25, -0.2) is 0 Å². The highest BCUT2D eigenvalue weighted by Crippen LogP contribution is 2.40. The van der Waals surface area contributed by atoms with Crippen LogP contribution in [0.4, 0.5) is 18.9 Å². The van der Waals surface area contributed by atoms with E-state index in [0.29, 0.717) is 27.4 Å². The van der Waals surface area contributed by atoms with Crippen molar-refractivity contribution in [3.05, 3.63) is 81.2 Å². The van der Waals surface area contributed by atoms with E-state index in [9.17, 15) is 27.6 Å². The number of hydrogen-bond donors (Lipinski definition) is 2. The standard InChI is InChI=1S/C29H27ClF3N3O5/c30-19-4-1-17-11-18(29(31,32)33)15-41-25-14-36(26(37)13-23(25)22(17)12-19)24(9-10-40-21-7-8-21)28(39)35-20-5-2-16(3-6-20)27(34)38/h1-6,12-14,18,21,24H,7-11,15H2,(H2,34,38)(H,35,39)/t18-,24?/m1/s1. The minimum absolute atomic E-state index is 0.0220. The van der Waals surface area contributed by atoms with Crippen LogP contribution in [0.1, 0.15) is 41.2 Å². The third kappa shape index (κ3) is 6.74. The molecule has 1 unspecified atom stereocenters. The second-order valence-electron chi connectivity index (χ2n) is 10.2. The van der Waals surface area contributed by atoms with Gasteiger partial charge in [0.1, 0.15) is 18.4 Å². The Morgan fingerprint density at radius 2 is 1.85 bits per heavy atom. The molecule has 0 spiro atoms. The van der Waals surface area contributed by atoms with Gasteiger partial charge in [-0.2, -0.15) is 13.2 Å². The number of alkyl halides is 3. The number of pyridine rings is 1. The summed E-state index contributed by atoms with van der Waals surface area (Å²) in [7, 11) is 0. The molecule has 1 aliphatic heterocycles. The Morgan fingerprint density at radius 1 is 1.12 bits per heavy atom. The van der Waals surface area contributed by atoms with E-state index in [1.54, 1.807) is 0 Å². The van der Waals surface area contributed by atoms with Crippen LogP contribution in [-0.4, -0.2) is 41.9 Å². The first-order valence-electron chi connectivity index (χ1n) is 13.1. The fourth-order valence-electron chi connectivity index (χ4n) is 4.72. The number of fused-ring (bicyclic) bond motifs is 3. The van der Waals surface area contributed by atoms with Gasteiger partial charge in [0.25, 0.3) is 5.56 Å². The first-order chi connectivity index (χ1) is 19.5. The number of halogens is 4. The van der Waals surface area contributed by atoms with Gasteiger partial charge in [-0.05, 0) is 66.8 Å². The minimum atomic E-state index is -4.52. The lowest BCUT2D eigenvalue weighted by molar-refractivity contribution is -0.181. The average molecular weight is 590 g/mol. The van der Waals surface area contributed by atoms with Gasteiger partial charge >= 0.3 is 6.18 Å². The van der Waals surface area contributed by atoms with Crippen LogP contribution in [-0.2, 0) is 16.0 Å². The Labute approximate surface area is 238 Å². The molecule has 2 aliphatic rings. The van der Waals surface area contributed by atoms with Crippen molar-refractivity contribution in [2.45, 2.75) is 44.0 Å². The predicted octanol–water partition coefficient (Wildman–Crippen LogP) is 5.13. The van der Waals surface area contributed by atoms with E-state index in [4.69, 9.17) is 26.8 Å². The van der Waals surface area contributed by atoms with Crippen molar-refractivity contribution in [1.29, 1.82) is 0 Å². The number of hydrogen-bond acceptors (Lipinski definition) is 5. The van der Waals surface area contributed by atoms with Crippen molar-refractivity contribution in [3.63, 3.8) is 0 Å². The van der Waals surface area contributed by atoms with Crippen molar-refractivity contribution >= 4 is 29.1 Å². The average Bonchev–Trinajstić information content (AvgIpc) is 3.73. The number of nitrogens with zero attached hydrogens (tertiary/aromatic N) is 1. The highest BCUT2D eigenvalue weighted by atomic mass is 35.5. The van der Waals surface area contributed by atoms with Gasteiger partial charge in [0.05, 0.1) is 18.2 Å². The summed E-state index contributed by atoms with van der Waals surface area (Å²) in [5, 5.41) is 3.02. The molecule has 41 heavy (non-hydrogen) atoms. The van der Waals surface area contributed by atoms with E-state index in [0.717, 1.165) is 17.4 Å². The second kappa shape index (κ2) is 11.6. The summed E-state index contributed by atoms with van der Waals surface area (Å²) in [4.78, 5) is 38.3. The van der Waals surface area contributed by atoms with Crippen molar-refractivity contribution in [2.75, 3.05) is 18.5 Å². The lowest BCUT2D eigenvalue weighted by atomic mass is 9.91. The molecule has 1 aromatic heterocycles. The van der Waals surface area contributed by atoms with Crippen LogP contribution in [0.2, 0.25) is 5.02 Å². The molecule has 2 atom stereocenters. The maximum absolute atomic E-state index is 13.8. The van der Waals surface area contributed by atoms with Gasteiger partial charge in [-0.3, -0.25) is 19.0 Å². The molecule has 2 heterocycles. The largest absolute Gasteiger partial charge is 0.491 e. The first-order valence-corrected chi connectivity index (χ1v) is 13.4. The number of ether oxygens (including phenoxy) is 2. The van der Waals surface area contributed by atoms with Gasteiger partial charge in [0, 0.05) is 40.9 Å². The summed E-state index contributed by atoms with van der Waals surface area (Å²) in [6.07, 6.45) is -1.52. The van der Waals surface area contributed by atoms with Gasteiger partial charge in [-0.1, -0.05) is 17.7 Å². The molecule has 216 valence electrons. The predicted molar refractivity (Wildman–Crippen MR) is 146 cm³/mol. The van der Waals surface area contributed by atoms with Crippen molar-refractivity contribution < 1.29 is 32.2 Å². The second-order valence-corrected chi connectivity index (χ2v) is 10.6. The van der Waals surface area contributed by atoms with Crippen LogP contribution < -0.4 is 21.3 Å². The summed E-state index contributed by atoms with van der Waals surface area (Å²) in [5.74, 6) is -2.94. The zero-order valence-electron chi connectivity index (χ0n) is 21.7. The molecule has 0 saturated heterocycles. The summed E-state index contributed by atoms with van der Waals surface area (Å²) >= 11 is 6.18. The highest BCUT2D eigenvalue weighted by molar-refractivity contribution is 6.30. The van der Waals surface area contributed by atoms with Gasteiger partial charge < -0.3 is 20.5 Å². The van der Waals surface area contributed by atoms with Crippen molar-refractivity contribution in [1.82, 2.24) is 4.57 Å². The van der Waals surface area contributed by atoms with Crippen molar-refractivity contribution in [2.24, 2.45) is 11.7 Å². The number of amides is 2. The molecule has 12 heteroatoms. The Morgan fingerprint density at radius 3 is 2.51 bits per heavy atom. The van der Waals surface area contributed by atoms with Crippen LogP contribution in [0.5, 0.6) is 5.75 Å². The molecule has 0 bridgehead atoms. The third-order valence-corrected chi connectivity index (χ3v) is 7.36. The number of nitrogens with one attached hydrogen (secondary N) is 1. The Balaban J connectivity index is 1.52. The Kier molecular flexibility index (Phi) is 8.10. The van der Waals surface area contributed by atoms with Crippen LogP contribution in [0.15, 0.2) is 59.5 Å². The Hall–Kier alpha value is -3.83. The van der Waals surface area contributed by atoms with Gasteiger partial charge in [0.2, 0.25) is 11.8 Å². The molecule has 1 aliphatic carbocycles. The molecular formula is C29H27ClF3N3O5. The number of primary amides is 1. The van der Waals surface area contributed by atoms with E-state index in [2.05, 4.69) is 5.32 Å². The minimum Gasteiger partial charge on any atom is -0.491 e. The molecule has 3 N–H and O–H groups in total. The van der Waals surface area contributed by atoms with Crippen molar-refractivity contribution in [3.8, 4) is 16.9 Å². The summed E-state index contributed by atoms with van der Waals surface area (Å²) in [6.45, 7) is -0.479. The van der Waals surface area contributed by atoms with E-state index < -0.39 is 42.1 Å². The zero-order chi connectivity index (χ0) is 29.3. The quantitative estimate of drug-likeness (QED) is 0.378. The summed E-state index contributed by atoms with van der Waals surface area (Å²) < 4.78 is 54.0. The van der Waals surface area contributed by atoms with Gasteiger partial charge in [-0.15, -0.1) is 0 Å². The number of aromatic nitrogens is 1. The molecule has 8 nitrogen and oxygen atoms in total. The number of carbonyl (C=O) groups excluding carboxylic acids is 2. The van der Waals surface area contributed by atoms with Crippen LogP contribution >= 0.6 is 11.6 Å². The lowest BCUT2D eigenvalue weighted by Gasteiger charge is -2.27. The Bertz CT molecular complexity index is 1520. The van der Waals surface area contributed by atoms with E-state index in [1.165, 1.54) is 54.7 Å². The number of benzene rings is 2. The normalized spacial score (nSPS) is 17.3. The molecule has 2 amide bonds. The molecule has 3 aromatic rings. The summed E-state index contributed by atoms with van der Waals surface area (Å²) in [6, 6.07) is 10.6. The SMILES string of the molecule is NC(=O)c1ccc(NC(=O)C(CCOC2CC2)n2cc3c(cc2=O)-c2cc(Cl)ccc2C[C@@H](C(F)(F)F)CO3)cc1. The fourth-order valence-corrected chi connectivity index (χ4v) is 4.89. The third-order valence-electron chi connectivity index (χ3n) is 7.12. The smallest absolute Gasteiger partial charge is 0.395 e. The molecule has 2 aromatic carbocycles. The summed E-state index contributed by atoms with van der Waals surface area (Å²) in [5.41, 5.74) is 6.37. The van der Waals surface area contributed by atoms with Crippen LogP contribution in [0.25, 0.3) is 11.1 Å².